The number of benzene rings is 3. The summed E-state index contributed by atoms with van der Waals surface area (Å²) in [7, 11) is 1.57. The van der Waals surface area contributed by atoms with Crippen LogP contribution in [0.3, 0.4) is 0 Å². The maximum atomic E-state index is 14.0. The molecule has 0 saturated carbocycles. The van der Waals surface area contributed by atoms with Crippen molar-refractivity contribution in [2.24, 2.45) is 0 Å². The van der Waals surface area contributed by atoms with E-state index in [0.717, 1.165) is 17.5 Å². The van der Waals surface area contributed by atoms with Gasteiger partial charge in [-0.3, -0.25) is 9.59 Å². The first-order chi connectivity index (χ1) is 16.6. The minimum atomic E-state index is -1.58. The Morgan fingerprint density at radius 2 is 1.77 bits per heavy atom. The summed E-state index contributed by atoms with van der Waals surface area (Å²) in [6.07, 6.45) is 2.22. The van der Waals surface area contributed by atoms with Crippen LogP contribution in [0.5, 0.6) is 5.75 Å². The molecule has 0 aromatic heterocycles. The second-order valence-corrected chi connectivity index (χ2v) is 8.88. The van der Waals surface area contributed by atoms with Crippen molar-refractivity contribution in [3.63, 3.8) is 0 Å². The van der Waals surface area contributed by atoms with Crippen molar-refractivity contribution in [1.29, 1.82) is 0 Å². The van der Waals surface area contributed by atoms with E-state index in [2.05, 4.69) is 10.6 Å². The van der Waals surface area contributed by atoms with E-state index >= 15 is 0 Å². The molecule has 0 aliphatic carbocycles. The fourth-order valence-corrected chi connectivity index (χ4v) is 4.05. The number of halogens is 3. The van der Waals surface area contributed by atoms with E-state index in [1.807, 2.05) is 32.0 Å². The molecule has 4 rings (SSSR count). The molecule has 2 N–H and O–H groups in total. The molecule has 1 amide bonds. The largest absolute Gasteiger partial charge is 0.497 e. The van der Waals surface area contributed by atoms with Gasteiger partial charge in [-0.15, -0.1) is 0 Å². The zero-order valence-electron chi connectivity index (χ0n) is 19.3. The van der Waals surface area contributed by atoms with Gasteiger partial charge in [0, 0.05) is 34.1 Å². The number of carbonyl (C=O) groups excluding carboxylic acids is 2. The number of anilines is 1. The van der Waals surface area contributed by atoms with Gasteiger partial charge in [0.15, 0.2) is 17.4 Å². The maximum Gasteiger partial charge on any atom is 0.261 e. The van der Waals surface area contributed by atoms with Gasteiger partial charge in [0.05, 0.1) is 7.11 Å². The van der Waals surface area contributed by atoms with Crippen LogP contribution in [0.15, 0.2) is 60.7 Å². The molecule has 1 heterocycles. The maximum absolute atomic E-state index is 14.0. The summed E-state index contributed by atoms with van der Waals surface area (Å²) in [6, 6.07) is 12.9. The Bertz CT molecular complexity index is 1370. The van der Waals surface area contributed by atoms with Crippen molar-refractivity contribution >= 4 is 23.1 Å². The minimum Gasteiger partial charge on any atom is -0.497 e. The van der Waals surface area contributed by atoms with Crippen LogP contribution in [0.4, 0.5) is 18.9 Å². The van der Waals surface area contributed by atoms with Crippen LogP contribution in [0.25, 0.3) is 5.70 Å². The highest BCUT2D eigenvalue weighted by atomic mass is 19.2. The summed E-state index contributed by atoms with van der Waals surface area (Å²) in [4.78, 5) is 25.5. The lowest BCUT2D eigenvalue weighted by molar-refractivity contribution is 0.101. The molecule has 3 aromatic rings. The van der Waals surface area contributed by atoms with Crippen molar-refractivity contribution in [2.75, 3.05) is 12.4 Å². The zero-order chi connectivity index (χ0) is 25.3. The van der Waals surface area contributed by atoms with Crippen LogP contribution >= 0.6 is 0 Å². The molecule has 0 atom stereocenters. The Labute approximate surface area is 200 Å². The van der Waals surface area contributed by atoms with Gasteiger partial charge in [-0.25, -0.2) is 13.2 Å². The van der Waals surface area contributed by atoms with Crippen LogP contribution in [-0.4, -0.2) is 24.3 Å². The number of hydrogen-bond donors (Lipinski definition) is 2. The van der Waals surface area contributed by atoms with Gasteiger partial charge in [0.2, 0.25) is 0 Å². The zero-order valence-corrected chi connectivity index (χ0v) is 19.3. The number of allylic oxidation sites excluding steroid dienone is 1. The molecule has 5 nitrogen and oxygen atoms in total. The van der Waals surface area contributed by atoms with Gasteiger partial charge in [-0.05, 0) is 62.2 Å². The highest BCUT2D eigenvalue weighted by Gasteiger charge is 2.28. The highest BCUT2D eigenvalue weighted by molar-refractivity contribution is 6.10. The fourth-order valence-electron chi connectivity index (χ4n) is 4.05. The van der Waals surface area contributed by atoms with Gasteiger partial charge in [0.1, 0.15) is 17.1 Å². The summed E-state index contributed by atoms with van der Waals surface area (Å²) >= 11 is 0. The molecule has 8 heteroatoms. The van der Waals surface area contributed by atoms with Gasteiger partial charge >= 0.3 is 0 Å². The predicted octanol–water partition coefficient (Wildman–Crippen LogP) is 5.51. The molecule has 35 heavy (non-hydrogen) atoms. The Morgan fingerprint density at radius 3 is 2.51 bits per heavy atom. The Balaban J connectivity index is 1.63. The third-order valence-corrected chi connectivity index (χ3v) is 5.66. The Morgan fingerprint density at radius 1 is 1.03 bits per heavy atom. The second kappa shape index (κ2) is 9.29. The number of amides is 1. The summed E-state index contributed by atoms with van der Waals surface area (Å²) in [6.45, 7) is 4.05. The van der Waals surface area contributed by atoms with Crippen molar-refractivity contribution in [2.45, 2.75) is 25.8 Å². The smallest absolute Gasteiger partial charge is 0.261 e. The normalized spacial score (nSPS) is 15.2. The lowest BCUT2D eigenvalue weighted by atomic mass is 9.85. The van der Waals surface area contributed by atoms with Crippen molar-refractivity contribution in [3.05, 3.63) is 100 Å². The molecule has 0 bridgehead atoms. The lowest BCUT2D eigenvalue weighted by Gasteiger charge is -2.35. The monoisotopic (exact) mass is 480 g/mol. The SMILES string of the molecule is COc1ccc2c(c1)C(=CC(=O)c1cccc(NC(=O)c3c(F)ccc(F)c3F)c1)NC(C)(C)C2. The molecule has 0 fully saturated rings. The second-order valence-electron chi connectivity index (χ2n) is 8.88. The van der Waals surface area contributed by atoms with Gasteiger partial charge < -0.3 is 15.4 Å². The molecule has 180 valence electrons. The van der Waals surface area contributed by atoms with Crippen LogP contribution in [-0.2, 0) is 6.42 Å². The van der Waals surface area contributed by atoms with E-state index in [1.165, 1.54) is 24.3 Å². The topological polar surface area (TPSA) is 67.4 Å². The molecule has 3 aromatic carbocycles. The van der Waals surface area contributed by atoms with Gasteiger partial charge in [-0.1, -0.05) is 18.2 Å². The standard InChI is InChI=1S/C27H23F3N2O3/c1-27(2)14-16-7-8-18(35-3)12-19(16)22(32-27)13-23(33)15-5-4-6-17(11-15)31-26(34)24-20(28)9-10-21(29)25(24)30/h4-13,32H,14H2,1-3H3,(H,31,34). The number of ketones is 1. The molecule has 0 spiro atoms. The summed E-state index contributed by atoms with van der Waals surface area (Å²) in [5.41, 5.74) is 1.57. The van der Waals surface area contributed by atoms with Gasteiger partial charge in [-0.2, -0.15) is 0 Å². The Kier molecular flexibility index (Phi) is 6.39. The fraction of sp³-hybridized carbons (Fsp3) is 0.185. The number of ether oxygens (including phenoxy) is 1. The minimum absolute atomic E-state index is 0.126. The van der Waals surface area contributed by atoms with E-state index < -0.39 is 28.9 Å². The summed E-state index contributed by atoms with van der Waals surface area (Å²) < 4.78 is 46.7. The summed E-state index contributed by atoms with van der Waals surface area (Å²) in [5.74, 6) is -4.98. The number of nitrogens with one attached hydrogen (secondary N) is 2. The number of carbonyl (C=O) groups is 2. The Hall–Kier alpha value is -4.07. The first-order valence-corrected chi connectivity index (χ1v) is 10.8. The average molecular weight is 480 g/mol. The number of hydrogen-bond acceptors (Lipinski definition) is 4. The van der Waals surface area contributed by atoms with E-state index in [-0.39, 0.29) is 22.6 Å². The molecule has 0 saturated heterocycles. The number of methoxy groups -OCH3 is 1. The van der Waals surface area contributed by atoms with Crippen molar-refractivity contribution in [3.8, 4) is 5.75 Å². The van der Waals surface area contributed by atoms with Crippen molar-refractivity contribution < 1.29 is 27.5 Å². The van der Waals surface area contributed by atoms with Crippen LogP contribution in [0.1, 0.15) is 45.7 Å². The highest BCUT2D eigenvalue weighted by Crippen LogP contribution is 2.32. The summed E-state index contributed by atoms with van der Waals surface area (Å²) in [5, 5.41) is 5.70. The first-order valence-electron chi connectivity index (χ1n) is 10.8. The molecule has 1 aliphatic heterocycles. The third-order valence-electron chi connectivity index (χ3n) is 5.66. The van der Waals surface area contributed by atoms with Crippen LogP contribution in [0, 0.1) is 17.5 Å². The lowest BCUT2D eigenvalue weighted by Crippen LogP contribution is -2.43. The number of fused-ring (bicyclic) bond motifs is 1. The number of rotatable bonds is 5. The molecule has 1 aliphatic rings. The molecule has 0 unspecified atom stereocenters. The van der Waals surface area contributed by atoms with E-state index in [4.69, 9.17) is 4.74 Å². The molecular weight excluding hydrogens is 457 g/mol. The molecule has 0 radical (unpaired) electrons. The third kappa shape index (κ3) is 5.06. The van der Waals surface area contributed by atoms with Gasteiger partial charge in [0.25, 0.3) is 5.91 Å². The van der Waals surface area contributed by atoms with E-state index in [1.54, 1.807) is 13.2 Å². The van der Waals surface area contributed by atoms with Crippen molar-refractivity contribution in [1.82, 2.24) is 5.32 Å². The van der Waals surface area contributed by atoms with E-state index in [9.17, 15) is 22.8 Å². The van der Waals surface area contributed by atoms with Crippen LogP contribution < -0.4 is 15.4 Å². The predicted molar refractivity (Wildman–Crippen MR) is 127 cm³/mol. The first kappa shape index (κ1) is 24.1. The average Bonchev–Trinajstić information content (AvgIpc) is 2.81. The van der Waals surface area contributed by atoms with Crippen LogP contribution in [0.2, 0.25) is 0 Å². The molecular formula is C27H23F3N2O3. The quantitative estimate of drug-likeness (QED) is 0.287. The van der Waals surface area contributed by atoms with E-state index in [0.29, 0.717) is 23.6 Å².